The number of hydrogen-bond donors (Lipinski definition) is 1. The molecular weight excluding hydrogens is 422 g/mol. The van der Waals surface area contributed by atoms with E-state index in [-0.39, 0.29) is 0 Å². The van der Waals surface area contributed by atoms with Gasteiger partial charge in [0, 0.05) is 42.8 Å². The first-order chi connectivity index (χ1) is 15.5. The van der Waals surface area contributed by atoms with Crippen LogP contribution < -0.4 is 10.6 Å². The molecule has 0 bridgehead atoms. The third kappa shape index (κ3) is 3.67. The highest BCUT2D eigenvalue weighted by Crippen LogP contribution is 2.36. The number of fused-ring (bicyclic) bond motifs is 1. The van der Waals surface area contributed by atoms with Crippen molar-refractivity contribution in [3.63, 3.8) is 0 Å². The van der Waals surface area contributed by atoms with Crippen molar-refractivity contribution in [3.8, 4) is 16.9 Å². The SMILES string of the molecule is CC(C)N1CCN(c2nc(-c3ccccc3Cl)c3c(N)n(-c4ccccc4)nc3n2)CC1. The summed E-state index contributed by atoms with van der Waals surface area (Å²) in [4.78, 5) is 14.5. The number of aromatic nitrogens is 4. The topological polar surface area (TPSA) is 76.1 Å². The number of piperazine rings is 1. The summed E-state index contributed by atoms with van der Waals surface area (Å²) < 4.78 is 1.72. The van der Waals surface area contributed by atoms with Crippen LogP contribution in [0.2, 0.25) is 5.02 Å². The van der Waals surface area contributed by atoms with E-state index in [1.54, 1.807) is 4.68 Å². The predicted octanol–water partition coefficient (Wildman–Crippen LogP) is 4.25. The van der Waals surface area contributed by atoms with Crippen molar-refractivity contribution in [2.24, 2.45) is 0 Å². The van der Waals surface area contributed by atoms with Gasteiger partial charge in [-0.1, -0.05) is 48.0 Å². The molecule has 0 unspecified atom stereocenters. The lowest BCUT2D eigenvalue weighted by Gasteiger charge is -2.36. The molecule has 4 aromatic rings. The van der Waals surface area contributed by atoms with E-state index in [1.807, 2.05) is 54.6 Å². The minimum atomic E-state index is 0.497. The number of halogens is 1. The number of para-hydroxylation sites is 1. The van der Waals surface area contributed by atoms with E-state index in [9.17, 15) is 0 Å². The van der Waals surface area contributed by atoms with Crippen molar-refractivity contribution in [2.75, 3.05) is 36.8 Å². The van der Waals surface area contributed by atoms with Gasteiger partial charge in [-0.25, -0.2) is 9.67 Å². The standard InChI is InChI=1S/C24H26ClN7/c1-16(2)30-12-14-31(15-13-30)24-27-21(18-10-6-7-11-19(18)25)20-22(26)32(29-23(20)28-24)17-8-4-3-5-9-17/h3-11,16H,12-15,26H2,1-2H3. The van der Waals surface area contributed by atoms with Crippen molar-refractivity contribution in [1.29, 1.82) is 0 Å². The maximum absolute atomic E-state index is 6.60. The zero-order chi connectivity index (χ0) is 22.2. The molecule has 0 amide bonds. The molecule has 2 aromatic heterocycles. The van der Waals surface area contributed by atoms with Crippen molar-refractivity contribution in [2.45, 2.75) is 19.9 Å². The molecule has 5 rings (SSSR count). The monoisotopic (exact) mass is 447 g/mol. The van der Waals surface area contributed by atoms with Gasteiger partial charge in [0.2, 0.25) is 5.95 Å². The van der Waals surface area contributed by atoms with Crippen LogP contribution in [0.4, 0.5) is 11.8 Å². The van der Waals surface area contributed by atoms with Gasteiger partial charge in [0.15, 0.2) is 5.65 Å². The first kappa shape index (κ1) is 20.7. The van der Waals surface area contributed by atoms with Gasteiger partial charge in [-0.05, 0) is 32.0 Å². The van der Waals surface area contributed by atoms with Gasteiger partial charge in [0.1, 0.15) is 5.82 Å². The molecule has 164 valence electrons. The average molecular weight is 448 g/mol. The molecule has 3 heterocycles. The number of rotatable bonds is 4. The van der Waals surface area contributed by atoms with Crippen LogP contribution in [0.25, 0.3) is 28.0 Å². The molecule has 2 aromatic carbocycles. The molecule has 0 aliphatic carbocycles. The van der Waals surface area contributed by atoms with Crippen molar-refractivity contribution in [1.82, 2.24) is 24.6 Å². The van der Waals surface area contributed by atoms with E-state index in [1.165, 1.54) is 0 Å². The highest BCUT2D eigenvalue weighted by atomic mass is 35.5. The van der Waals surface area contributed by atoms with Crippen molar-refractivity contribution < 1.29 is 0 Å². The molecule has 8 heteroatoms. The van der Waals surface area contributed by atoms with Gasteiger partial charge in [0.25, 0.3) is 0 Å². The Labute approximate surface area is 192 Å². The first-order valence-electron chi connectivity index (χ1n) is 10.9. The first-order valence-corrected chi connectivity index (χ1v) is 11.3. The number of benzene rings is 2. The fourth-order valence-electron chi connectivity index (χ4n) is 4.19. The lowest BCUT2D eigenvalue weighted by molar-refractivity contribution is 0.208. The summed E-state index contributed by atoms with van der Waals surface area (Å²) in [5.74, 6) is 1.16. The van der Waals surface area contributed by atoms with Crippen LogP contribution in [0.5, 0.6) is 0 Å². The molecule has 7 nitrogen and oxygen atoms in total. The summed E-state index contributed by atoms with van der Waals surface area (Å²) in [6, 6.07) is 18.0. The van der Waals surface area contributed by atoms with Crippen LogP contribution in [0.1, 0.15) is 13.8 Å². The van der Waals surface area contributed by atoms with Crippen molar-refractivity contribution >= 4 is 34.4 Å². The maximum atomic E-state index is 6.60. The number of anilines is 2. The van der Waals surface area contributed by atoms with E-state index in [4.69, 9.17) is 32.4 Å². The van der Waals surface area contributed by atoms with Crippen molar-refractivity contribution in [3.05, 3.63) is 59.6 Å². The third-order valence-corrected chi connectivity index (χ3v) is 6.34. The Morgan fingerprint density at radius 1 is 0.906 bits per heavy atom. The lowest BCUT2D eigenvalue weighted by atomic mass is 10.1. The van der Waals surface area contributed by atoms with Crippen LogP contribution in [0, 0.1) is 0 Å². The van der Waals surface area contributed by atoms with Gasteiger partial charge in [-0.2, -0.15) is 4.98 Å². The number of nitrogens with zero attached hydrogens (tertiary/aromatic N) is 6. The zero-order valence-electron chi connectivity index (χ0n) is 18.2. The normalized spacial score (nSPS) is 15.1. The largest absolute Gasteiger partial charge is 0.383 e. The minimum Gasteiger partial charge on any atom is -0.383 e. The molecule has 0 spiro atoms. The summed E-state index contributed by atoms with van der Waals surface area (Å²) in [6.07, 6.45) is 0. The van der Waals surface area contributed by atoms with E-state index >= 15 is 0 Å². The van der Waals surface area contributed by atoms with Crippen LogP contribution >= 0.6 is 11.6 Å². The molecule has 1 fully saturated rings. The van der Waals surface area contributed by atoms with Crippen LogP contribution in [0.15, 0.2) is 54.6 Å². The molecule has 0 atom stereocenters. The molecule has 1 aliphatic heterocycles. The summed E-state index contributed by atoms with van der Waals surface area (Å²) in [7, 11) is 0. The fourth-order valence-corrected chi connectivity index (χ4v) is 4.42. The van der Waals surface area contributed by atoms with Crippen LogP contribution in [-0.2, 0) is 0 Å². The van der Waals surface area contributed by atoms with E-state index < -0.39 is 0 Å². The van der Waals surface area contributed by atoms with Gasteiger partial charge < -0.3 is 10.6 Å². The molecule has 1 aliphatic rings. The lowest BCUT2D eigenvalue weighted by Crippen LogP contribution is -2.49. The minimum absolute atomic E-state index is 0.497. The van der Waals surface area contributed by atoms with Crippen LogP contribution in [-0.4, -0.2) is 56.9 Å². The number of hydrogen-bond acceptors (Lipinski definition) is 6. The van der Waals surface area contributed by atoms with E-state index in [2.05, 4.69) is 23.6 Å². The molecule has 1 saturated heterocycles. The Morgan fingerprint density at radius 3 is 2.28 bits per heavy atom. The third-order valence-electron chi connectivity index (χ3n) is 6.01. The van der Waals surface area contributed by atoms with E-state index in [0.29, 0.717) is 39.6 Å². The van der Waals surface area contributed by atoms with Gasteiger partial charge >= 0.3 is 0 Å². The summed E-state index contributed by atoms with van der Waals surface area (Å²) in [5.41, 5.74) is 9.57. The highest BCUT2D eigenvalue weighted by molar-refractivity contribution is 6.33. The summed E-state index contributed by atoms with van der Waals surface area (Å²) >= 11 is 6.58. The number of nitrogen functional groups attached to an aromatic ring is 1. The Balaban J connectivity index is 1.67. The number of nitrogens with two attached hydrogens (primary N) is 1. The van der Waals surface area contributed by atoms with Gasteiger partial charge in [0.05, 0.1) is 16.8 Å². The molecule has 0 radical (unpaired) electrons. The maximum Gasteiger partial charge on any atom is 0.228 e. The Kier molecular flexibility index (Phi) is 5.45. The summed E-state index contributed by atoms with van der Waals surface area (Å²) in [6.45, 7) is 8.13. The Morgan fingerprint density at radius 2 is 1.59 bits per heavy atom. The summed E-state index contributed by atoms with van der Waals surface area (Å²) in [5, 5.41) is 6.09. The Hall–Kier alpha value is -3.16. The average Bonchev–Trinajstić information content (AvgIpc) is 3.16. The molecule has 32 heavy (non-hydrogen) atoms. The quantitative estimate of drug-likeness (QED) is 0.504. The second-order valence-electron chi connectivity index (χ2n) is 8.30. The fraction of sp³-hybridized carbons (Fsp3) is 0.292. The van der Waals surface area contributed by atoms with Gasteiger partial charge in [-0.15, -0.1) is 5.10 Å². The highest BCUT2D eigenvalue weighted by Gasteiger charge is 2.25. The zero-order valence-corrected chi connectivity index (χ0v) is 19.0. The molecular formula is C24H26ClN7. The smallest absolute Gasteiger partial charge is 0.228 e. The second kappa shape index (κ2) is 8.41. The van der Waals surface area contributed by atoms with Gasteiger partial charge in [-0.3, -0.25) is 4.90 Å². The second-order valence-corrected chi connectivity index (χ2v) is 8.71. The Bertz CT molecular complexity index is 1240. The predicted molar refractivity (Wildman–Crippen MR) is 130 cm³/mol. The molecule has 0 saturated carbocycles. The van der Waals surface area contributed by atoms with E-state index in [0.717, 1.165) is 37.4 Å². The van der Waals surface area contributed by atoms with Crippen LogP contribution in [0.3, 0.4) is 0 Å². The molecule has 2 N–H and O–H groups in total.